The van der Waals surface area contributed by atoms with Gasteiger partial charge >= 0.3 is 0 Å². The third-order valence-electron chi connectivity index (χ3n) is 3.67. The van der Waals surface area contributed by atoms with Crippen molar-refractivity contribution in [1.29, 1.82) is 0 Å². The number of hydrogen-bond acceptors (Lipinski definition) is 5. The van der Waals surface area contributed by atoms with Crippen LogP contribution in [0.25, 0.3) is 0 Å². The molecule has 0 radical (unpaired) electrons. The Bertz CT molecular complexity index is 509. The molecule has 6 nitrogen and oxygen atoms in total. The molecule has 0 bridgehead atoms. The van der Waals surface area contributed by atoms with Crippen molar-refractivity contribution in [3.8, 4) is 5.75 Å². The van der Waals surface area contributed by atoms with Gasteiger partial charge in [-0.2, -0.15) is 0 Å². The summed E-state index contributed by atoms with van der Waals surface area (Å²) in [4.78, 5) is 25.0. The number of ether oxygens (including phenoxy) is 2. The van der Waals surface area contributed by atoms with Crippen LogP contribution in [0.3, 0.4) is 0 Å². The van der Waals surface area contributed by atoms with Crippen molar-refractivity contribution in [2.24, 2.45) is 5.73 Å². The first-order chi connectivity index (χ1) is 10.6. The van der Waals surface area contributed by atoms with Crippen molar-refractivity contribution in [3.05, 3.63) is 29.8 Å². The maximum atomic E-state index is 11.6. The van der Waals surface area contributed by atoms with Gasteiger partial charge in [0.1, 0.15) is 5.75 Å². The van der Waals surface area contributed by atoms with Crippen LogP contribution in [0.4, 0.5) is 0 Å². The molecule has 120 valence electrons. The molecular formula is C16H22N2O4. The van der Waals surface area contributed by atoms with Crippen LogP contribution < -0.4 is 10.5 Å². The Hall–Kier alpha value is -1.92. The SMILES string of the molecule is CC(=O)c1ccc(OC(CCN2CCOCC2)C(N)=O)cc1. The number of nitrogens with two attached hydrogens (primary N) is 1. The zero-order valence-corrected chi connectivity index (χ0v) is 12.8. The number of benzene rings is 1. The fraction of sp³-hybridized carbons (Fsp3) is 0.500. The van der Waals surface area contributed by atoms with Gasteiger partial charge < -0.3 is 15.2 Å². The zero-order valence-electron chi connectivity index (χ0n) is 12.8. The van der Waals surface area contributed by atoms with E-state index in [1.165, 1.54) is 6.92 Å². The van der Waals surface area contributed by atoms with Gasteiger partial charge in [0.25, 0.3) is 5.91 Å². The largest absolute Gasteiger partial charge is 0.481 e. The molecule has 2 rings (SSSR count). The summed E-state index contributed by atoms with van der Waals surface area (Å²) >= 11 is 0. The molecule has 1 aromatic carbocycles. The Labute approximate surface area is 130 Å². The molecule has 1 aliphatic heterocycles. The molecule has 1 saturated heterocycles. The Kier molecular flexibility index (Phi) is 5.91. The number of rotatable bonds is 7. The lowest BCUT2D eigenvalue weighted by Crippen LogP contribution is -2.41. The van der Waals surface area contributed by atoms with E-state index >= 15 is 0 Å². The highest BCUT2D eigenvalue weighted by Crippen LogP contribution is 2.16. The maximum absolute atomic E-state index is 11.6. The normalized spacial score (nSPS) is 17.0. The monoisotopic (exact) mass is 306 g/mol. The Morgan fingerprint density at radius 3 is 2.45 bits per heavy atom. The summed E-state index contributed by atoms with van der Waals surface area (Å²) in [6.45, 7) is 5.40. The van der Waals surface area contributed by atoms with Crippen LogP contribution in [-0.4, -0.2) is 55.5 Å². The van der Waals surface area contributed by atoms with Crippen molar-refractivity contribution in [2.45, 2.75) is 19.4 Å². The van der Waals surface area contributed by atoms with Gasteiger partial charge in [-0.05, 0) is 31.2 Å². The Morgan fingerprint density at radius 2 is 1.91 bits per heavy atom. The van der Waals surface area contributed by atoms with E-state index in [1.807, 2.05) is 0 Å². The number of amides is 1. The van der Waals surface area contributed by atoms with E-state index in [2.05, 4.69) is 4.90 Å². The molecule has 1 amide bonds. The van der Waals surface area contributed by atoms with Gasteiger partial charge in [-0.25, -0.2) is 0 Å². The first-order valence-electron chi connectivity index (χ1n) is 7.43. The van der Waals surface area contributed by atoms with Crippen molar-refractivity contribution in [3.63, 3.8) is 0 Å². The predicted molar refractivity (Wildman–Crippen MR) is 81.9 cm³/mol. The van der Waals surface area contributed by atoms with E-state index in [0.717, 1.165) is 19.6 Å². The van der Waals surface area contributed by atoms with E-state index in [-0.39, 0.29) is 5.78 Å². The van der Waals surface area contributed by atoms with Crippen molar-refractivity contribution in [1.82, 2.24) is 4.90 Å². The predicted octanol–water partition coefficient (Wildman–Crippen LogP) is 0.844. The summed E-state index contributed by atoms with van der Waals surface area (Å²) in [7, 11) is 0. The highest BCUT2D eigenvalue weighted by atomic mass is 16.5. The Morgan fingerprint density at radius 1 is 1.27 bits per heavy atom. The lowest BCUT2D eigenvalue weighted by molar-refractivity contribution is -0.125. The summed E-state index contributed by atoms with van der Waals surface area (Å²) in [5.41, 5.74) is 6.02. The first kappa shape index (κ1) is 16.5. The van der Waals surface area contributed by atoms with Crippen LogP contribution in [0.2, 0.25) is 0 Å². The fourth-order valence-electron chi connectivity index (χ4n) is 2.32. The van der Waals surface area contributed by atoms with Crippen molar-refractivity contribution in [2.75, 3.05) is 32.8 Å². The van der Waals surface area contributed by atoms with Crippen LogP contribution >= 0.6 is 0 Å². The second-order valence-electron chi connectivity index (χ2n) is 5.33. The van der Waals surface area contributed by atoms with Crippen LogP contribution in [0.15, 0.2) is 24.3 Å². The molecule has 0 aromatic heterocycles. The second-order valence-corrected chi connectivity index (χ2v) is 5.33. The topological polar surface area (TPSA) is 81.9 Å². The van der Waals surface area contributed by atoms with Crippen molar-refractivity contribution >= 4 is 11.7 Å². The van der Waals surface area contributed by atoms with Gasteiger partial charge in [0.2, 0.25) is 0 Å². The first-order valence-corrected chi connectivity index (χ1v) is 7.43. The average Bonchev–Trinajstić information content (AvgIpc) is 2.52. The van der Waals surface area contributed by atoms with Crippen LogP contribution in [0.1, 0.15) is 23.7 Å². The molecule has 2 N–H and O–H groups in total. The maximum Gasteiger partial charge on any atom is 0.258 e. The highest BCUT2D eigenvalue weighted by molar-refractivity contribution is 5.94. The summed E-state index contributed by atoms with van der Waals surface area (Å²) in [5, 5.41) is 0. The molecule has 1 aromatic rings. The molecule has 6 heteroatoms. The third-order valence-corrected chi connectivity index (χ3v) is 3.67. The quantitative estimate of drug-likeness (QED) is 0.755. The average molecular weight is 306 g/mol. The number of primary amides is 1. The minimum Gasteiger partial charge on any atom is -0.481 e. The molecule has 1 unspecified atom stereocenters. The smallest absolute Gasteiger partial charge is 0.258 e. The number of ketones is 1. The molecule has 1 heterocycles. The van der Waals surface area contributed by atoms with E-state index < -0.39 is 12.0 Å². The van der Waals surface area contributed by atoms with Gasteiger partial charge in [0, 0.05) is 31.6 Å². The van der Waals surface area contributed by atoms with E-state index in [4.69, 9.17) is 15.2 Å². The van der Waals surface area contributed by atoms with Crippen LogP contribution in [0.5, 0.6) is 5.75 Å². The minimum atomic E-state index is -0.675. The third kappa shape index (κ3) is 4.82. The summed E-state index contributed by atoms with van der Waals surface area (Å²) in [5.74, 6) is 0.0463. The summed E-state index contributed by atoms with van der Waals surface area (Å²) < 4.78 is 10.9. The van der Waals surface area contributed by atoms with E-state index in [1.54, 1.807) is 24.3 Å². The van der Waals surface area contributed by atoms with E-state index in [9.17, 15) is 9.59 Å². The number of Topliss-reactive ketones (excluding diaryl/α,β-unsaturated/α-hetero) is 1. The van der Waals surface area contributed by atoms with Gasteiger partial charge in [-0.15, -0.1) is 0 Å². The molecule has 1 aliphatic rings. The minimum absolute atomic E-state index is 0.00896. The number of carbonyl (C=O) groups is 2. The van der Waals surface area contributed by atoms with Gasteiger partial charge in [-0.1, -0.05) is 0 Å². The number of hydrogen-bond donors (Lipinski definition) is 1. The van der Waals surface area contributed by atoms with Crippen LogP contribution in [0, 0.1) is 0 Å². The molecular weight excluding hydrogens is 284 g/mol. The zero-order chi connectivity index (χ0) is 15.9. The lowest BCUT2D eigenvalue weighted by atomic mass is 10.1. The van der Waals surface area contributed by atoms with Crippen molar-refractivity contribution < 1.29 is 19.1 Å². The summed E-state index contributed by atoms with van der Waals surface area (Å²) in [6, 6.07) is 6.72. The number of nitrogens with zero attached hydrogens (tertiary/aromatic N) is 1. The Balaban J connectivity index is 1.90. The van der Waals surface area contributed by atoms with Gasteiger partial charge in [0.05, 0.1) is 13.2 Å². The van der Waals surface area contributed by atoms with Crippen LogP contribution in [-0.2, 0) is 9.53 Å². The molecule has 22 heavy (non-hydrogen) atoms. The highest BCUT2D eigenvalue weighted by Gasteiger charge is 2.20. The standard InChI is InChI=1S/C16H22N2O4/c1-12(19)13-2-4-14(5-3-13)22-15(16(17)20)6-7-18-8-10-21-11-9-18/h2-5,15H,6-11H2,1H3,(H2,17,20). The van der Waals surface area contributed by atoms with Gasteiger partial charge in [-0.3, -0.25) is 14.5 Å². The molecule has 1 atom stereocenters. The lowest BCUT2D eigenvalue weighted by Gasteiger charge is -2.27. The van der Waals surface area contributed by atoms with E-state index in [0.29, 0.717) is 30.9 Å². The second kappa shape index (κ2) is 7.91. The fourth-order valence-corrected chi connectivity index (χ4v) is 2.32. The molecule has 0 aliphatic carbocycles. The summed E-state index contributed by atoms with van der Waals surface area (Å²) in [6.07, 6.45) is -0.143. The number of morpholine rings is 1. The number of carbonyl (C=O) groups excluding carboxylic acids is 2. The van der Waals surface area contributed by atoms with Gasteiger partial charge in [0.15, 0.2) is 11.9 Å². The molecule has 0 spiro atoms. The molecule has 0 saturated carbocycles. The molecule has 1 fully saturated rings.